The minimum absolute atomic E-state index is 0.113. The van der Waals surface area contributed by atoms with Gasteiger partial charge in [-0.05, 0) is 20.8 Å². The number of amides is 1. The molecule has 0 aromatic carbocycles. The topological polar surface area (TPSA) is 42.2 Å². The van der Waals surface area contributed by atoms with Crippen molar-refractivity contribution in [3.63, 3.8) is 0 Å². The number of aryl methyl sites for hydroxylation is 2. The van der Waals surface area contributed by atoms with Gasteiger partial charge in [-0.3, -0.25) is 4.79 Å². The van der Waals surface area contributed by atoms with Gasteiger partial charge in [-0.15, -0.1) is 11.6 Å². The molecule has 3 nitrogen and oxygen atoms in total. The Kier molecular flexibility index (Phi) is 3.58. The molecule has 14 heavy (non-hydrogen) atoms. The summed E-state index contributed by atoms with van der Waals surface area (Å²) in [6, 6.07) is 0. The summed E-state index contributed by atoms with van der Waals surface area (Å²) in [6.07, 6.45) is 0. The van der Waals surface area contributed by atoms with E-state index in [9.17, 15) is 4.79 Å². The molecule has 0 saturated carbocycles. The van der Waals surface area contributed by atoms with Crippen molar-refractivity contribution in [1.29, 1.82) is 0 Å². The molecule has 1 rings (SSSR count). The van der Waals surface area contributed by atoms with Crippen LogP contribution >= 0.6 is 11.6 Å². The van der Waals surface area contributed by atoms with Crippen LogP contribution in [0.4, 0.5) is 0 Å². The van der Waals surface area contributed by atoms with E-state index in [0.717, 1.165) is 11.3 Å². The molecule has 0 atom stereocenters. The first-order valence-corrected chi connectivity index (χ1v) is 5.02. The van der Waals surface area contributed by atoms with Gasteiger partial charge in [-0.1, -0.05) is 0 Å². The van der Waals surface area contributed by atoms with Crippen LogP contribution < -0.4 is 5.32 Å². The maximum Gasteiger partial charge on any atom is 0.255 e. The molecule has 0 aliphatic rings. The van der Waals surface area contributed by atoms with Crippen LogP contribution in [0.5, 0.6) is 0 Å². The molecule has 0 aliphatic heterocycles. The second-order valence-electron chi connectivity index (χ2n) is 3.16. The first kappa shape index (κ1) is 11.1. The maximum atomic E-state index is 11.6. The lowest BCUT2D eigenvalue weighted by Crippen LogP contribution is -2.26. The van der Waals surface area contributed by atoms with Crippen LogP contribution in [0.2, 0.25) is 0 Å². The first-order valence-electron chi connectivity index (χ1n) is 4.48. The number of carbonyl (C=O) groups is 1. The Hall–Kier alpha value is -0.960. The number of hydrogen-bond acceptors (Lipinski definition) is 2. The molecule has 1 heterocycles. The summed E-state index contributed by atoms with van der Waals surface area (Å²) in [5.41, 5.74) is 1.53. The predicted octanol–water partition coefficient (Wildman–Crippen LogP) is 2.17. The number of carbonyl (C=O) groups excluding carboxylic acids is 1. The summed E-state index contributed by atoms with van der Waals surface area (Å²) < 4.78 is 5.35. The van der Waals surface area contributed by atoms with Gasteiger partial charge in [0.2, 0.25) is 0 Å². The molecule has 78 valence electrons. The molecule has 4 heteroatoms. The fourth-order valence-corrected chi connectivity index (χ4v) is 1.47. The summed E-state index contributed by atoms with van der Waals surface area (Å²) in [6.45, 7) is 5.99. The molecule has 0 saturated heterocycles. The third kappa shape index (κ3) is 2.10. The number of rotatable bonds is 3. The fraction of sp³-hybridized carbons (Fsp3) is 0.500. The molecular weight excluding hydrogens is 202 g/mol. The molecule has 1 aromatic rings. The largest absolute Gasteiger partial charge is 0.466 e. The highest BCUT2D eigenvalue weighted by Gasteiger charge is 2.17. The zero-order valence-electron chi connectivity index (χ0n) is 8.61. The Balaban J connectivity index is 2.89. The van der Waals surface area contributed by atoms with Crippen LogP contribution in [0.3, 0.4) is 0 Å². The van der Waals surface area contributed by atoms with E-state index in [1.807, 2.05) is 13.8 Å². The van der Waals surface area contributed by atoms with Crippen LogP contribution in [0.25, 0.3) is 0 Å². The fourth-order valence-electron chi connectivity index (χ4n) is 1.38. The molecule has 0 aliphatic carbocycles. The molecule has 0 radical (unpaired) electrons. The van der Waals surface area contributed by atoms with Gasteiger partial charge >= 0.3 is 0 Å². The SMILES string of the molecule is Cc1oc(C)c(C(=O)NCCCl)c1C. The van der Waals surface area contributed by atoms with Gasteiger partial charge in [0.05, 0.1) is 5.56 Å². The molecule has 0 bridgehead atoms. The van der Waals surface area contributed by atoms with Crippen molar-refractivity contribution in [2.45, 2.75) is 20.8 Å². The molecule has 0 unspecified atom stereocenters. The highest BCUT2D eigenvalue weighted by Crippen LogP contribution is 2.20. The normalized spacial score (nSPS) is 10.3. The van der Waals surface area contributed by atoms with Gasteiger partial charge in [-0.2, -0.15) is 0 Å². The zero-order chi connectivity index (χ0) is 10.7. The van der Waals surface area contributed by atoms with E-state index in [0.29, 0.717) is 23.7 Å². The molecule has 0 fully saturated rings. The van der Waals surface area contributed by atoms with Gasteiger partial charge in [-0.25, -0.2) is 0 Å². The lowest BCUT2D eigenvalue weighted by molar-refractivity contribution is 0.0954. The highest BCUT2D eigenvalue weighted by molar-refractivity contribution is 6.18. The Labute approximate surface area is 88.4 Å². The lowest BCUT2D eigenvalue weighted by Gasteiger charge is -2.02. The summed E-state index contributed by atoms with van der Waals surface area (Å²) in [5.74, 6) is 1.75. The Morgan fingerprint density at radius 3 is 2.43 bits per heavy atom. The number of nitrogens with one attached hydrogen (secondary N) is 1. The second-order valence-corrected chi connectivity index (χ2v) is 3.54. The van der Waals surface area contributed by atoms with Crippen molar-refractivity contribution in [2.24, 2.45) is 0 Å². The Morgan fingerprint density at radius 2 is 2.00 bits per heavy atom. The van der Waals surface area contributed by atoms with Crippen LogP contribution in [0, 0.1) is 20.8 Å². The summed E-state index contributed by atoms with van der Waals surface area (Å²) >= 11 is 5.48. The van der Waals surface area contributed by atoms with Crippen LogP contribution in [0.15, 0.2) is 4.42 Å². The highest BCUT2D eigenvalue weighted by atomic mass is 35.5. The lowest BCUT2D eigenvalue weighted by atomic mass is 10.1. The summed E-state index contributed by atoms with van der Waals surface area (Å²) in [5, 5.41) is 2.71. The number of hydrogen-bond donors (Lipinski definition) is 1. The van der Waals surface area contributed by atoms with E-state index >= 15 is 0 Å². The third-order valence-electron chi connectivity index (χ3n) is 2.17. The summed E-state index contributed by atoms with van der Waals surface area (Å²) in [7, 11) is 0. The average molecular weight is 216 g/mol. The van der Waals surface area contributed by atoms with Gasteiger partial charge < -0.3 is 9.73 Å². The third-order valence-corrected chi connectivity index (χ3v) is 2.36. The second kappa shape index (κ2) is 4.51. The van der Waals surface area contributed by atoms with E-state index < -0.39 is 0 Å². The van der Waals surface area contributed by atoms with Crippen LogP contribution in [-0.2, 0) is 0 Å². The quantitative estimate of drug-likeness (QED) is 0.786. The average Bonchev–Trinajstić information content (AvgIpc) is 2.38. The molecule has 1 amide bonds. The Morgan fingerprint density at radius 1 is 1.36 bits per heavy atom. The van der Waals surface area contributed by atoms with E-state index in [1.165, 1.54) is 0 Å². The molecular formula is C10H14ClNO2. The minimum Gasteiger partial charge on any atom is -0.466 e. The molecule has 1 N–H and O–H groups in total. The van der Waals surface area contributed by atoms with Crippen molar-refractivity contribution in [3.05, 3.63) is 22.6 Å². The van der Waals surface area contributed by atoms with E-state index in [-0.39, 0.29) is 5.91 Å². The van der Waals surface area contributed by atoms with Crippen molar-refractivity contribution in [2.75, 3.05) is 12.4 Å². The Bertz CT molecular complexity index is 344. The number of furan rings is 1. The van der Waals surface area contributed by atoms with E-state index in [4.69, 9.17) is 16.0 Å². The smallest absolute Gasteiger partial charge is 0.255 e. The minimum atomic E-state index is -0.113. The van der Waals surface area contributed by atoms with Crippen LogP contribution in [0.1, 0.15) is 27.4 Å². The first-order chi connectivity index (χ1) is 6.57. The molecule has 0 spiro atoms. The maximum absolute atomic E-state index is 11.6. The number of alkyl halides is 1. The summed E-state index contributed by atoms with van der Waals surface area (Å²) in [4.78, 5) is 11.6. The predicted molar refractivity (Wildman–Crippen MR) is 56.0 cm³/mol. The standard InChI is InChI=1S/C10H14ClNO2/c1-6-7(2)14-8(3)9(6)10(13)12-5-4-11/h4-5H2,1-3H3,(H,12,13). The van der Waals surface area contributed by atoms with Crippen molar-refractivity contribution in [1.82, 2.24) is 5.32 Å². The van der Waals surface area contributed by atoms with Crippen molar-refractivity contribution in [3.8, 4) is 0 Å². The molecule has 1 aromatic heterocycles. The van der Waals surface area contributed by atoms with Gasteiger partial charge in [0.25, 0.3) is 5.91 Å². The van der Waals surface area contributed by atoms with Crippen LogP contribution in [-0.4, -0.2) is 18.3 Å². The monoisotopic (exact) mass is 215 g/mol. The van der Waals surface area contributed by atoms with Gasteiger partial charge in [0.15, 0.2) is 0 Å². The van der Waals surface area contributed by atoms with Gasteiger partial charge in [0.1, 0.15) is 11.5 Å². The van der Waals surface area contributed by atoms with Crippen molar-refractivity contribution < 1.29 is 9.21 Å². The van der Waals surface area contributed by atoms with Crippen molar-refractivity contribution >= 4 is 17.5 Å². The van der Waals surface area contributed by atoms with E-state index in [2.05, 4.69) is 5.32 Å². The zero-order valence-corrected chi connectivity index (χ0v) is 9.36. The number of halogens is 1. The van der Waals surface area contributed by atoms with E-state index in [1.54, 1.807) is 6.92 Å². The van der Waals surface area contributed by atoms with Gasteiger partial charge in [0, 0.05) is 18.0 Å².